The number of fused-ring (bicyclic) bond motifs is 1. The van der Waals surface area contributed by atoms with Crippen LogP contribution in [0.3, 0.4) is 0 Å². The van der Waals surface area contributed by atoms with Gasteiger partial charge in [-0.15, -0.1) is 0 Å². The number of hydrogen-bond donors (Lipinski definition) is 1. The fourth-order valence-corrected chi connectivity index (χ4v) is 2.80. The highest BCUT2D eigenvalue weighted by atomic mass is 16.5. The molecule has 0 bridgehead atoms. The van der Waals surface area contributed by atoms with E-state index < -0.39 is 0 Å². The molecule has 1 aromatic rings. The van der Waals surface area contributed by atoms with Crippen molar-refractivity contribution in [1.29, 1.82) is 0 Å². The van der Waals surface area contributed by atoms with Crippen molar-refractivity contribution in [2.24, 2.45) is 11.3 Å². The molecule has 1 aliphatic rings. The van der Waals surface area contributed by atoms with Crippen molar-refractivity contribution < 1.29 is 4.74 Å². The molecule has 0 aromatic heterocycles. The zero-order chi connectivity index (χ0) is 13.3. The average molecular weight is 247 g/mol. The highest BCUT2D eigenvalue weighted by Gasteiger charge is 2.30. The highest BCUT2D eigenvalue weighted by molar-refractivity contribution is 5.39. The van der Waals surface area contributed by atoms with Gasteiger partial charge in [0, 0.05) is 6.04 Å². The van der Waals surface area contributed by atoms with Crippen LogP contribution in [0.5, 0.6) is 5.75 Å². The standard InChI is InChI=1S/C16H25NO/c1-11-8-12-6-7-13(18-5)9-14(12)15(17-10-11)16(2,3)4/h6-7,9,11,15,17H,8,10H2,1-5H3. The Hall–Kier alpha value is -1.02. The first kappa shape index (κ1) is 13.4. The van der Waals surface area contributed by atoms with E-state index >= 15 is 0 Å². The maximum Gasteiger partial charge on any atom is 0.119 e. The summed E-state index contributed by atoms with van der Waals surface area (Å²) in [6, 6.07) is 6.91. The van der Waals surface area contributed by atoms with Gasteiger partial charge in [-0.2, -0.15) is 0 Å². The van der Waals surface area contributed by atoms with Crippen LogP contribution in [0.25, 0.3) is 0 Å². The van der Waals surface area contributed by atoms with E-state index in [1.165, 1.54) is 11.1 Å². The Bertz CT molecular complexity index is 420. The SMILES string of the molecule is COc1ccc2c(c1)C(C(C)(C)C)NCC(C)C2. The Morgan fingerprint density at radius 3 is 2.61 bits per heavy atom. The first-order valence-electron chi connectivity index (χ1n) is 6.82. The number of rotatable bonds is 1. The molecule has 2 heteroatoms. The number of methoxy groups -OCH3 is 1. The molecule has 0 saturated carbocycles. The van der Waals surface area contributed by atoms with Gasteiger partial charge in [-0.25, -0.2) is 0 Å². The minimum absolute atomic E-state index is 0.213. The lowest BCUT2D eigenvalue weighted by molar-refractivity contribution is 0.269. The molecule has 1 N–H and O–H groups in total. The Labute approximate surface area is 111 Å². The molecule has 2 rings (SSSR count). The quantitative estimate of drug-likeness (QED) is 0.819. The second-order valence-electron chi connectivity index (χ2n) is 6.58. The van der Waals surface area contributed by atoms with Gasteiger partial charge in [0.1, 0.15) is 5.75 Å². The molecular weight excluding hydrogens is 222 g/mol. The van der Waals surface area contributed by atoms with Crippen molar-refractivity contribution in [3.8, 4) is 5.75 Å². The van der Waals surface area contributed by atoms with Crippen molar-refractivity contribution in [1.82, 2.24) is 5.32 Å². The number of hydrogen-bond acceptors (Lipinski definition) is 2. The van der Waals surface area contributed by atoms with E-state index in [4.69, 9.17) is 4.74 Å². The molecule has 100 valence electrons. The molecule has 18 heavy (non-hydrogen) atoms. The normalized spacial score (nSPS) is 24.3. The molecule has 0 aliphatic carbocycles. The fourth-order valence-electron chi connectivity index (χ4n) is 2.80. The van der Waals surface area contributed by atoms with Crippen LogP contribution in [0.15, 0.2) is 18.2 Å². The Morgan fingerprint density at radius 2 is 2.00 bits per heavy atom. The van der Waals surface area contributed by atoms with Crippen molar-refractivity contribution in [3.05, 3.63) is 29.3 Å². The maximum absolute atomic E-state index is 5.38. The number of ether oxygens (including phenoxy) is 1. The number of benzene rings is 1. The predicted octanol–water partition coefficient (Wildman–Crippen LogP) is 3.56. The van der Waals surface area contributed by atoms with Crippen molar-refractivity contribution >= 4 is 0 Å². The van der Waals surface area contributed by atoms with E-state index in [-0.39, 0.29) is 5.41 Å². The van der Waals surface area contributed by atoms with Crippen LogP contribution < -0.4 is 10.1 Å². The molecule has 1 heterocycles. The summed E-state index contributed by atoms with van der Waals surface area (Å²) < 4.78 is 5.38. The minimum Gasteiger partial charge on any atom is -0.497 e. The lowest BCUT2D eigenvalue weighted by Gasteiger charge is -2.32. The van der Waals surface area contributed by atoms with E-state index in [0.717, 1.165) is 18.7 Å². The third kappa shape index (κ3) is 2.69. The first-order valence-corrected chi connectivity index (χ1v) is 6.82. The van der Waals surface area contributed by atoms with E-state index in [2.05, 4.69) is 51.2 Å². The van der Waals surface area contributed by atoms with Gasteiger partial charge in [-0.3, -0.25) is 0 Å². The van der Waals surface area contributed by atoms with Gasteiger partial charge in [0.15, 0.2) is 0 Å². The third-order valence-corrected chi connectivity index (χ3v) is 3.77. The highest BCUT2D eigenvalue weighted by Crippen LogP contribution is 2.38. The summed E-state index contributed by atoms with van der Waals surface area (Å²) in [5.74, 6) is 1.64. The van der Waals surface area contributed by atoms with Gasteiger partial charge in [0.25, 0.3) is 0 Å². The summed E-state index contributed by atoms with van der Waals surface area (Å²) in [4.78, 5) is 0. The first-order chi connectivity index (χ1) is 8.41. The van der Waals surface area contributed by atoms with E-state index in [1.807, 2.05) is 0 Å². The van der Waals surface area contributed by atoms with Gasteiger partial charge in [-0.1, -0.05) is 33.8 Å². The van der Waals surface area contributed by atoms with Crippen molar-refractivity contribution in [2.45, 2.75) is 40.2 Å². The average Bonchev–Trinajstić information content (AvgIpc) is 2.45. The van der Waals surface area contributed by atoms with Crippen LogP contribution >= 0.6 is 0 Å². The van der Waals surface area contributed by atoms with Gasteiger partial charge in [0.2, 0.25) is 0 Å². The molecule has 1 aliphatic heterocycles. The van der Waals surface area contributed by atoms with E-state index in [0.29, 0.717) is 12.0 Å². The molecule has 0 fully saturated rings. The van der Waals surface area contributed by atoms with Crippen LogP contribution in [0.2, 0.25) is 0 Å². The molecule has 2 atom stereocenters. The lowest BCUT2D eigenvalue weighted by Crippen LogP contribution is -2.33. The smallest absolute Gasteiger partial charge is 0.119 e. The molecule has 2 nitrogen and oxygen atoms in total. The maximum atomic E-state index is 5.38. The summed E-state index contributed by atoms with van der Waals surface area (Å²) in [7, 11) is 1.74. The molecule has 1 aromatic carbocycles. The summed E-state index contributed by atoms with van der Waals surface area (Å²) >= 11 is 0. The molecule has 0 spiro atoms. The Balaban J connectivity index is 2.47. The second kappa shape index (κ2) is 4.93. The lowest BCUT2D eigenvalue weighted by atomic mass is 9.80. The zero-order valence-corrected chi connectivity index (χ0v) is 12.2. The minimum atomic E-state index is 0.213. The van der Waals surface area contributed by atoms with E-state index in [9.17, 15) is 0 Å². The molecule has 0 saturated heterocycles. The predicted molar refractivity (Wildman–Crippen MR) is 76.1 cm³/mol. The third-order valence-electron chi connectivity index (χ3n) is 3.77. The summed E-state index contributed by atoms with van der Waals surface area (Å²) in [6.45, 7) is 10.3. The molecule has 0 radical (unpaired) electrons. The van der Waals surface area contributed by atoms with Gasteiger partial charge >= 0.3 is 0 Å². The number of nitrogens with one attached hydrogen (secondary N) is 1. The van der Waals surface area contributed by atoms with Crippen LogP contribution in [0, 0.1) is 11.3 Å². The topological polar surface area (TPSA) is 21.3 Å². The second-order valence-corrected chi connectivity index (χ2v) is 6.58. The fraction of sp³-hybridized carbons (Fsp3) is 0.625. The van der Waals surface area contributed by atoms with Crippen LogP contribution in [-0.4, -0.2) is 13.7 Å². The Kier molecular flexibility index (Phi) is 3.67. The largest absolute Gasteiger partial charge is 0.497 e. The van der Waals surface area contributed by atoms with E-state index in [1.54, 1.807) is 7.11 Å². The summed E-state index contributed by atoms with van der Waals surface area (Å²) in [5.41, 5.74) is 3.09. The monoisotopic (exact) mass is 247 g/mol. The molecular formula is C16H25NO. The molecule has 0 amide bonds. The van der Waals surface area contributed by atoms with Crippen molar-refractivity contribution in [3.63, 3.8) is 0 Å². The zero-order valence-electron chi connectivity index (χ0n) is 12.2. The summed E-state index contributed by atoms with van der Waals surface area (Å²) in [5, 5.41) is 3.72. The van der Waals surface area contributed by atoms with Gasteiger partial charge < -0.3 is 10.1 Å². The van der Waals surface area contributed by atoms with Crippen LogP contribution in [-0.2, 0) is 6.42 Å². The molecule has 2 unspecified atom stereocenters. The Morgan fingerprint density at radius 1 is 1.28 bits per heavy atom. The van der Waals surface area contributed by atoms with Gasteiger partial charge in [-0.05, 0) is 47.6 Å². The van der Waals surface area contributed by atoms with Gasteiger partial charge in [0.05, 0.1) is 7.11 Å². The van der Waals surface area contributed by atoms with Crippen molar-refractivity contribution in [2.75, 3.05) is 13.7 Å². The van der Waals surface area contributed by atoms with Crippen LogP contribution in [0.4, 0.5) is 0 Å². The summed E-state index contributed by atoms with van der Waals surface area (Å²) in [6.07, 6.45) is 1.15. The van der Waals surface area contributed by atoms with Crippen LogP contribution in [0.1, 0.15) is 44.9 Å².